The Bertz CT molecular complexity index is 1170. The van der Waals surface area contributed by atoms with Gasteiger partial charge in [0, 0.05) is 54.6 Å². The number of amides is 1. The lowest BCUT2D eigenvalue weighted by Crippen LogP contribution is -2.39. The van der Waals surface area contributed by atoms with Gasteiger partial charge in [0.2, 0.25) is 0 Å². The third kappa shape index (κ3) is 3.38. The van der Waals surface area contributed by atoms with Crippen LogP contribution in [0.1, 0.15) is 41.3 Å². The van der Waals surface area contributed by atoms with Crippen molar-refractivity contribution in [2.45, 2.75) is 32.7 Å². The summed E-state index contributed by atoms with van der Waals surface area (Å²) in [5.74, 6) is 0.712. The molecule has 1 amide bonds. The number of benzene rings is 2. The summed E-state index contributed by atoms with van der Waals surface area (Å²) >= 11 is 0. The number of piperidine rings is 1. The Morgan fingerprint density at radius 2 is 2.03 bits per heavy atom. The zero-order chi connectivity index (χ0) is 20.7. The zero-order valence-electron chi connectivity index (χ0n) is 17.4. The topological polar surface area (TPSA) is 56.4 Å². The summed E-state index contributed by atoms with van der Waals surface area (Å²) in [4.78, 5) is 32.2. The summed E-state index contributed by atoms with van der Waals surface area (Å²) in [7, 11) is 0. The highest BCUT2D eigenvalue weighted by Gasteiger charge is 2.23. The average molecular weight is 402 g/mol. The summed E-state index contributed by atoms with van der Waals surface area (Å²) in [5.41, 5.74) is 3.94. The van der Waals surface area contributed by atoms with Gasteiger partial charge in [-0.2, -0.15) is 0 Å². The number of nitrogens with one attached hydrogen (secondary N) is 1. The fourth-order valence-electron chi connectivity index (χ4n) is 4.94. The summed E-state index contributed by atoms with van der Waals surface area (Å²) in [5, 5.41) is 2.23. The van der Waals surface area contributed by atoms with Crippen molar-refractivity contribution >= 4 is 22.4 Å². The lowest BCUT2D eigenvalue weighted by molar-refractivity contribution is 0.0683. The highest BCUT2D eigenvalue weighted by atomic mass is 16.2. The molecule has 1 N–H and O–H groups in total. The zero-order valence-corrected chi connectivity index (χ0v) is 17.4. The molecule has 1 atom stereocenters. The van der Waals surface area contributed by atoms with E-state index in [1.165, 1.54) is 6.42 Å². The third-order valence-electron chi connectivity index (χ3n) is 6.54. The molecule has 0 saturated carbocycles. The molecule has 2 aromatic carbocycles. The lowest BCUT2D eigenvalue weighted by atomic mass is 9.98. The molecule has 0 aliphatic carbocycles. The first kappa shape index (κ1) is 18.9. The summed E-state index contributed by atoms with van der Waals surface area (Å²) < 4.78 is 0. The molecule has 30 heavy (non-hydrogen) atoms. The van der Waals surface area contributed by atoms with Crippen molar-refractivity contribution in [1.29, 1.82) is 0 Å². The largest absolute Gasteiger partial charge is 0.366 e. The van der Waals surface area contributed by atoms with Crippen LogP contribution < -0.4 is 10.5 Å². The Hall–Kier alpha value is -3.08. The van der Waals surface area contributed by atoms with Gasteiger partial charge >= 0.3 is 0 Å². The van der Waals surface area contributed by atoms with Crippen molar-refractivity contribution < 1.29 is 4.79 Å². The molecule has 5 nitrogen and oxygen atoms in total. The minimum Gasteiger partial charge on any atom is -0.366 e. The maximum absolute atomic E-state index is 13.0. The number of rotatable bonds is 2. The van der Waals surface area contributed by atoms with E-state index in [0.29, 0.717) is 5.92 Å². The summed E-state index contributed by atoms with van der Waals surface area (Å²) in [6.45, 7) is 5.46. The fourth-order valence-corrected chi connectivity index (χ4v) is 4.94. The van der Waals surface area contributed by atoms with Crippen LogP contribution in [0, 0.1) is 5.92 Å². The molecule has 5 rings (SSSR count). The third-order valence-corrected chi connectivity index (χ3v) is 6.54. The van der Waals surface area contributed by atoms with Crippen molar-refractivity contribution in [2.75, 3.05) is 24.5 Å². The standard InChI is InChI=1S/C25H27N3O2/c1-17-4-3-12-28(15-17)25(30)19-7-8-21-18(14-19)5-2-6-23(21)27-13-10-22-20(16-27)9-11-26-24(22)29/h2,5-9,11,14,17H,3-4,10,12-13,15-16H2,1H3,(H,26,29)/t17-/m0/s1. The van der Waals surface area contributed by atoms with Crippen LogP contribution in [0.2, 0.25) is 0 Å². The highest BCUT2D eigenvalue weighted by molar-refractivity contribution is 6.02. The number of anilines is 1. The Kier molecular flexibility index (Phi) is 4.81. The number of aromatic amines is 1. The van der Waals surface area contributed by atoms with E-state index in [0.717, 1.165) is 72.2 Å². The normalized spacial score (nSPS) is 19.0. The molecule has 0 radical (unpaired) electrons. The van der Waals surface area contributed by atoms with Crippen molar-refractivity contribution in [3.8, 4) is 0 Å². The number of carbonyl (C=O) groups excluding carboxylic acids is 1. The van der Waals surface area contributed by atoms with Gasteiger partial charge < -0.3 is 14.8 Å². The number of hydrogen-bond acceptors (Lipinski definition) is 3. The van der Waals surface area contributed by atoms with Gasteiger partial charge in [-0.15, -0.1) is 0 Å². The predicted molar refractivity (Wildman–Crippen MR) is 120 cm³/mol. The molecule has 2 aliphatic rings. The Morgan fingerprint density at radius 1 is 1.13 bits per heavy atom. The van der Waals surface area contributed by atoms with Crippen LogP contribution in [-0.2, 0) is 13.0 Å². The van der Waals surface area contributed by atoms with Crippen LogP contribution in [0.5, 0.6) is 0 Å². The number of likely N-dealkylation sites (tertiary alicyclic amines) is 1. The molecule has 0 unspecified atom stereocenters. The molecule has 3 aromatic rings. The lowest BCUT2D eigenvalue weighted by Gasteiger charge is -2.32. The van der Waals surface area contributed by atoms with Gasteiger partial charge in [0.25, 0.3) is 11.5 Å². The molecule has 5 heteroatoms. The van der Waals surface area contributed by atoms with Crippen LogP contribution in [0.3, 0.4) is 0 Å². The van der Waals surface area contributed by atoms with E-state index < -0.39 is 0 Å². The van der Waals surface area contributed by atoms with Gasteiger partial charge in [0.15, 0.2) is 0 Å². The molecule has 1 saturated heterocycles. The van der Waals surface area contributed by atoms with Crippen LogP contribution >= 0.6 is 0 Å². The second-order valence-corrected chi connectivity index (χ2v) is 8.69. The average Bonchev–Trinajstić information content (AvgIpc) is 2.78. The summed E-state index contributed by atoms with van der Waals surface area (Å²) in [6.07, 6.45) is 4.76. The van der Waals surface area contributed by atoms with E-state index in [4.69, 9.17) is 0 Å². The van der Waals surface area contributed by atoms with E-state index in [2.05, 4.69) is 41.1 Å². The van der Waals surface area contributed by atoms with Crippen LogP contribution in [0.25, 0.3) is 10.8 Å². The van der Waals surface area contributed by atoms with Crippen LogP contribution in [0.4, 0.5) is 5.69 Å². The quantitative estimate of drug-likeness (QED) is 0.707. The van der Waals surface area contributed by atoms with Crippen LogP contribution in [-0.4, -0.2) is 35.4 Å². The van der Waals surface area contributed by atoms with E-state index >= 15 is 0 Å². The van der Waals surface area contributed by atoms with Gasteiger partial charge in [-0.3, -0.25) is 9.59 Å². The summed E-state index contributed by atoms with van der Waals surface area (Å²) in [6, 6.07) is 14.4. The van der Waals surface area contributed by atoms with Gasteiger partial charge in [-0.25, -0.2) is 0 Å². The number of H-pyrrole nitrogens is 1. The number of nitrogens with zero attached hydrogens (tertiary/aromatic N) is 2. The van der Waals surface area contributed by atoms with E-state index in [1.54, 1.807) is 6.20 Å². The second-order valence-electron chi connectivity index (χ2n) is 8.69. The van der Waals surface area contributed by atoms with Gasteiger partial charge in [0.05, 0.1) is 0 Å². The van der Waals surface area contributed by atoms with E-state index in [-0.39, 0.29) is 11.5 Å². The Morgan fingerprint density at radius 3 is 2.90 bits per heavy atom. The SMILES string of the molecule is C[C@H]1CCCN(C(=O)c2ccc3c(N4CCc5c(cc[nH]c5=O)C4)cccc3c2)C1. The number of hydrogen-bond donors (Lipinski definition) is 1. The first-order valence-corrected chi connectivity index (χ1v) is 10.9. The monoisotopic (exact) mass is 401 g/mol. The molecule has 154 valence electrons. The highest BCUT2D eigenvalue weighted by Crippen LogP contribution is 2.31. The number of carbonyl (C=O) groups is 1. The van der Waals surface area contributed by atoms with Crippen molar-refractivity contribution in [3.63, 3.8) is 0 Å². The second kappa shape index (κ2) is 7.63. The van der Waals surface area contributed by atoms with Crippen molar-refractivity contribution in [3.05, 3.63) is 75.7 Å². The molecular weight excluding hydrogens is 374 g/mol. The van der Waals surface area contributed by atoms with Crippen LogP contribution in [0.15, 0.2) is 53.5 Å². The minimum atomic E-state index is 0.0280. The van der Waals surface area contributed by atoms with Crippen molar-refractivity contribution in [1.82, 2.24) is 9.88 Å². The van der Waals surface area contributed by atoms with Gasteiger partial charge in [-0.1, -0.05) is 25.1 Å². The molecular formula is C25H27N3O2. The first-order chi connectivity index (χ1) is 14.6. The van der Waals surface area contributed by atoms with E-state index in [9.17, 15) is 9.59 Å². The molecule has 2 aliphatic heterocycles. The fraction of sp³-hybridized carbons (Fsp3) is 0.360. The first-order valence-electron chi connectivity index (χ1n) is 10.9. The maximum atomic E-state index is 13.0. The van der Waals surface area contributed by atoms with E-state index in [1.807, 2.05) is 23.1 Å². The van der Waals surface area contributed by atoms with Gasteiger partial charge in [-0.05, 0) is 60.4 Å². The van der Waals surface area contributed by atoms with Crippen molar-refractivity contribution in [2.24, 2.45) is 5.92 Å². The molecule has 0 spiro atoms. The smallest absolute Gasteiger partial charge is 0.253 e. The predicted octanol–water partition coefficient (Wildman–Crippen LogP) is 3.96. The number of aromatic nitrogens is 1. The number of fused-ring (bicyclic) bond motifs is 2. The Labute approximate surface area is 176 Å². The van der Waals surface area contributed by atoms with Gasteiger partial charge in [0.1, 0.15) is 0 Å². The Balaban J connectivity index is 1.45. The number of pyridine rings is 1. The molecule has 3 heterocycles. The maximum Gasteiger partial charge on any atom is 0.253 e. The molecule has 0 bridgehead atoms. The molecule has 1 fully saturated rings. The minimum absolute atomic E-state index is 0.0280. The molecule has 1 aromatic heterocycles.